The fourth-order valence-electron chi connectivity index (χ4n) is 1.71. The molecular weight excluding hydrogens is 164 g/mol. The van der Waals surface area contributed by atoms with Crippen LogP contribution in [-0.2, 0) is 0 Å². The quantitative estimate of drug-likeness (QED) is 0.643. The average Bonchev–Trinajstić information content (AvgIpc) is 2.56. The summed E-state index contributed by atoms with van der Waals surface area (Å²) in [6.45, 7) is 1.88. The van der Waals surface area contributed by atoms with Gasteiger partial charge >= 0.3 is 0 Å². The van der Waals surface area contributed by atoms with Gasteiger partial charge in [-0.05, 0) is 12.1 Å². The number of rotatable bonds is 0. The molecule has 2 N–H and O–H groups in total. The number of para-hydroxylation sites is 1. The van der Waals surface area contributed by atoms with Crippen molar-refractivity contribution in [2.75, 3.05) is 23.7 Å². The molecule has 0 amide bonds. The van der Waals surface area contributed by atoms with Crippen molar-refractivity contribution >= 4 is 22.5 Å². The third-order valence-electron chi connectivity index (χ3n) is 2.31. The summed E-state index contributed by atoms with van der Waals surface area (Å²) in [5, 5.41) is 7.71. The van der Waals surface area contributed by atoms with Gasteiger partial charge in [-0.15, -0.1) is 0 Å². The zero-order valence-corrected chi connectivity index (χ0v) is 7.13. The zero-order valence-electron chi connectivity index (χ0n) is 7.13. The highest BCUT2D eigenvalue weighted by Gasteiger charge is 2.15. The lowest BCUT2D eigenvalue weighted by Crippen LogP contribution is -2.19. The van der Waals surface area contributed by atoms with Crippen molar-refractivity contribution in [1.82, 2.24) is 0 Å². The van der Waals surface area contributed by atoms with E-state index in [1.54, 1.807) is 0 Å². The molecule has 0 fully saturated rings. The Morgan fingerprint density at radius 2 is 1.92 bits per heavy atom. The summed E-state index contributed by atoms with van der Waals surface area (Å²) in [4.78, 5) is 0. The fraction of sp³-hybridized carbons (Fsp3) is 0.200. The van der Waals surface area contributed by atoms with Crippen molar-refractivity contribution in [1.29, 1.82) is 0 Å². The first kappa shape index (κ1) is 6.83. The molecule has 1 aliphatic rings. The molecule has 3 heteroatoms. The predicted octanol–water partition coefficient (Wildman–Crippen LogP) is 2.27. The summed E-state index contributed by atoms with van der Waals surface area (Å²) in [5.74, 6) is 0.868. The third kappa shape index (κ3) is 0.900. The van der Waals surface area contributed by atoms with Gasteiger partial charge in [0.25, 0.3) is 0 Å². The highest BCUT2D eigenvalue weighted by Crippen LogP contribution is 2.35. The fourth-order valence-corrected chi connectivity index (χ4v) is 1.71. The highest BCUT2D eigenvalue weighted by atomic mass is 16.4. The van der Waals surface area contributed by atoms with Gasteiger partial charge in [-0.25, -0.2) is 0 Å². The lowest BCUT2D eigenvalue weighted by molar-refractivity contribution is 0.624. The van der Waals surface area contributed by atoms with E-state index in [0.717, 1.165) is 35.6 Å². The summed E-state index contributed by atoms with van der Waals surface area (Å²) in [7, 11) is 0. The van der Waals surface area contributed by atoms with Crippen LogP contribution < -0.4 is 10.6 Å². The molecule has 0 saturated carbocycles. The number of anilines is 2. The van der Waals surface area contributed by atoms with Gasteiger partial charge in [0.2, 0.25) is 5.88 Å². The molecule has 1 aliphatic heterocycles. The standard InChI is InChI=1S/C10H10N2O/c1-2-4-8-7(3-1)9-10(13-8)12-6-5-11-9/h1-4,11-12H,5-6H2. The van der Waals surface area contributed by atoms with E-state index in [2.05, 4.69) is 16.7 Å². The van der Waals surface area contributed by atoms with Gasteiger partial charge in [-0.1, -0.05) is 12.1 Å². The lowest BCUT2D eigenvalue weighted by Gasteiger charge is -2.13. The summed E-state index contributed by atoms with van der Waals surface area (Å²) >= 11 is 0. The Hall–Kier alpha value is -1.64. The smallest absolute Gasteiger partial charge is 0.217 e. The molecule has 3 nitrogen and oxygen atoms in total. The van der Waals surface area contributed by atoms with Gasteiger partial charge in [-0.2, -0.15) is 0 Å². The van der Waals surface area contributed by atoms with Gasteiger partial charge in [0.1, 0.15) is 11.3 Å². The minimum atomic E-state index is 0.868. The van der Waals surface area contributed by atoms with Gasteiger partial charge in [-0.3, -0.25) is 0 Å². The second-order valence-electron chi connectivity index (χ2n) is 3.16. The number of hydrogen-bond donors (Lipinski definition) is 2. The maximum Gasteiger partial charge on any atom is 0.217 e. The lowest BCUT2D eigenvalue weighted by atomic mass is 10.2. The van der Waals surface area contributed by atoms with Crippen LogP contribution in [0.1, 0.15) is 0 Å². The maximum atomic E-state index is 5.62. The van der Waals surface area contributed by atoms with Crippen LogP contribution in [0.3, 0.4) is 0 Å². The second kappa shape index (κ2) is 2.42. The summed E-state index contributed by atoms with van der Waals surface area (Å²) < 4.78 is 5.62. The third-order valence-corrected chi connectivity index (χ3v) is 2.31. The minimum Gasteiger partial charge on any atom is -0.438 e. The first-order valence-electron chi connectivity index (χ1n) is 4.44. The number of hydrogen-bond acceptors (Lipinski definition) is 3. The molecule has 3 rings (SSSR count). The number of nitrogens with one attached hydrogen (secondary N) is 2. The van der Waals surface area contributed by atoms with E-state index < -0.39 is 0 Å². The van der Waals surface area contributed by atoms with Crippen LogP contribution >= 0.6 is 0 Å². The van der Waals surface area contributed by atoms with Crippen LogP contribution in [0.25, 0.3) is 11.0 Å². The summed E-state index contributed by atoms with van der Waals surface area (Å²) in [6.07, 6.45) is 0. The summed E-state index contributed by atoms with van der Waals surface area (Å²) in [6, 6.07) is 8.06. The van der Waals surface area contributed by atoms with E-state index >= 15 is 0 Å². The Balaban J connectivity index is 2.34. The van der Waals surface area contributed by atoms with Crippen molar-refractivity contribution < 1.29 is 4.42 Å². The minimum absolute atomic E-state index is 0.868. The summed E-state index contributed by atoms with van der Waals surface area (Å²) in [5.41, 5.74) is 2.04. The Bertz CT molecular complexity index is 447. The molecule has 0 atom stereocenters. The van der Waals surface area contributed by atoms with Crippen molar-refractivity contribution in [2.24, 2.45) is 0 Å². The Kier molecular flexibility index (Phi) is 1.27. The molecule has 1 aromatic heterocycles. The molecule has 0 radical (unpaired) electrons. The van der Waals surface area contributed by atoms with Crippen molar-refractivity contribution in [3.63, 3.8) is 0 Å². The van der Waals surface area contributed by atoms with Crippen molar-refractivity contribution in [2.45, 2.75) is 0 Å². The van der Waals surface area contributed by atoms with E-state index in [-0.39, 0.29) is 0 Å². The molecule has 2 aromatic rings. The molecule has 0 unspecified atom stereocenters. The Labute approximate surface area is 75.7 Å². The Morgan fingerprint density at radius 1 is 1.08 bits per heavy atom. The van der Waals surface area contributed by atoms with Gasteiger partial charge in [0.15, 0.2) is 0 Å². The topological polar surface area (TPSA) is 37.2 Å². The number of furan rings is 1. The number of fused-ring (bicyclic) bond motifs is 3. The number of benzene rings is 1. The first-order chi connectivity index (χ1) is 6.45. The van der Waals surface area contributed by atoms with Crippen LogP contribution in [0.2, 0.25) is 0 Å². The SMILES string of the molecule is c1ccc2c3c(oc2c1)NCCN3. The zero-order chi connectivity index (χ0) is 8.67. The van der Waals surface area contributed by atoms with Crippen LogP contribution in [0.4, 0.5) is 11.6 Å². The molecule has 0 bridgehead atoms. The van der Waals surface area contributed by atoms with E-state index in [1.165, 1.54) is 0 Å². The largest absolute Gasteiger partial charge is 0.438 e. The van der Waals surface area contributed by atoms with Crippen LogP contribution in [-0.4, -0.2) is 13.1 Å². The maximum absolute atomic E-state index is 5.62. The predicted molar refractivity (Wildman–Crippen MR) is 53.2 cm³/mol. The van der Waals surface area contributed by atoms with E-state index in [9.17, 15) is 0 Å². The second-order valence-corrected chi connectivity index (χ2v) is 3.16. The van der Waals surface area contributed by atoms with Gasteiger partial charge in [0, 0.05) is 18.5 Å². The molecule has 1 aromatic carbocycles. The van der Waals surface area contributed by atoms with Crippen molar-refractivity contribution in [3.05, 3.63) is 24.3 Å². The van der Waals surface area contributed by atoms with E-state index in [4.69, 9.17) is 4.42 Å². The molecule has 2 heterocycles. The highest BCUT2D eigenvalue weighted by molar-refractivity contribution is 5.97. The molecule has 66 valence electrons. The monoisotopic (exact) mass is 174 g/mol. The average molecular weight is 174 g/mol. The van der Waals surface area contributed by atoms with Crippen LogP contribution in [0.15, 0.2) is 28.7 Å². The molecule has 0 saturated heterocycles. The normalized spacial score (nSPS) is 14.8. The first-order valence-corrected chi connectivity index (χ1v) is 4.44. The molecule has 0 spiro atoms. The van der Waals surface area contributed by atoms with E-state index in [1.807, 2.05) is 18.2 Å². The molecular formula is C10H10N2O. The molecule has 0 aliphatic carbocycles. The van der Waals surface area contributed by atoms with Crippen LogP contribution in [0.5, 0.6) is 0 Å². The molecule has 13 heavy (non-hydrogen) atoms. The Morgan fingerprint density at radius 3 is 2.92 bits per heavy atom. The van der Waals surface area contributed by atoms with Gasteiger partial charge in [0.05, 0.1) is 0 Å². The van der Waals surface area contributed by atoms with Crippen LogP contribution in [0, 0.1) is 0 Å². The van der Waals surface area contributed by atoms with E-state index in [0.29, 0.717) is 0 Å². The van der Waals surface area contributed by atoms with Crippen molar-refractivity contribution in [3.8, 4) is 0 Å². The van der Waals surface area contributed by atoms with Gasteiger partial charge < -0.3 is 15.1 Å².